The third-order valence-electron chi connectivity index (χ3n) is 3.37. The van der Waals surface area contributed by atoms with Crippen LogP contribution in [0.3, 0.4) is 0 Å². The number of hydrogen-bond donors (Lipinski definition) is 0. The molecule has 0 aliphatic heterocycles. The molecule has 0 N–H and O–H groups in total. The summed E-state index contributed by atoms with van der Waals surface area (Å²) >= 11 is 3.37. The van der Waals surface area contributed by atoms with Gasteiger partial charge in [-0.05, 0) is 31.2 Å². The van der Waals surface area contributed by atoms with Crippen LogP contribution in [0.5, 0.6) is 11.6 Å². The molecule has 0 aliphatic carbocycles. The Labute approximate surface area is 143 Å². The number of carbonyl (C=O) groups excluding carboxylic acids is 1. The summed E-state index contributed by atoms with van der Waals surface area (Å²) in [7, 11) is 1.68. The summed E-state index contributed by atoms with van der Waals surface area (Å²) in [6, 6.07) is 12.6. The minimum Gasteiger partial charge on any atom is -0.439 e. The average molecular weight is 374 g/mol. The van der Waals surface area contributed by atoms with Gasteiger partial charge in [0.15, 0.2) is 0 Å². The van der Waals surface area contributed by atoms with Gasteiger partial charge in [-0.1, -0.05) is 22.0 Å². The van der Waals surface area contributed by atoms with Crippen molar-refractivity contribution < 1.29 is 9.53 Å². The lowest BCUT2D eigenvalue weighted by Gasteiger charge is -2.22. The molecule has 23 heavy (non-hydrogen) atoms. The zero-order chi connectivity index (χ0) is 16.8. The highest BCUT2D eigenvalue weighted by molar-refractivity contribution is 9.10. The number of nitriles is 1. The zero-order valence-corrected chi connectivity index (χ0v) is 14.4. The first-order valence-corrected chi connectivity index (χ1v) is 7.84. The van der Waals surface area contributed by atoms with Gasteiger partial charge in [-0.15, -0.1) is 0 Å². The normalized spacial score (nSPS) is 11.4. The lowest BCUT2D eigenvalue weighted by atomic mass is 10.2. The molecular weight excluding hydrogens is 358 g/mol. The van der Waals surface area contributed by atoms with E-state index in [1.165, 1.54) is 11.1 Å². The Morgan fingerprint density at radius 1 is 1.43 bits per heavy atom. The van der Waals surface area contributed by atoms with Crippen molar-refractivity contribution in [3.05, 3.63) is 52.6 Å². The van der Waals surface area contributed by atoms with Crippen LogP contribution in [0, 0.1) is 11.3 Å². The van der Waals surface area contributed by atoms with Crippen LogP contribution >= 0.6 is 15.9 Å². The third-order valence-corrected chi connectivity index (χ3v) is 3.86. The van der Waals surface area contributed by atoms with E-state index in [0.29, 0.717) is 23.6 Å². The predicted molar refractivity (Wildman–Crippen MR) is 90.2 cm³/mol. The summed E-state index contributed by atoms with van der Waals surface area (Å²) in [5, 5.41) is 8.71. The molecule has 0 radical (unpaired) electrons. The van der Waals surface area contributed by atoms with Crippen molar-refractivity contribution in [2.24, 2.45) is 0 Å². The molecular formula is C17H16BrN3O2. The van der Waals surface area contributed by atoms with Crippen molar-refractivity contribution in [1.29, 1.82) is 5.26 Å². The minimum absolute atomic E-state index is 0.148. The number of ether oxygens (including phenoxy) is 1. The fraction of sp³-hybridized carbons (Fsp3) is 0.235. The zero-order valence-electron chi connectivity index (χ0n) is 12.9. The Hall–Kier alpha value is -2.39. The van der Waals surface area contributed by atoms with Crippen molar-refractivity contribution in [2.75, 3.05) is 7.05 Å². The Kier molecular flexibility index (Phi) is 5.72. The molecule has 2 aromatic rings. The number of benzene rings is 1. The van der Waals surface area contributed by atoms with Gasteiger partial charge in [0.25, 0.3) is 5.91 Å². The topological polar surface area (TPSA) is 66.2 Å². The molecule has 1 unspecified atom stereocenters. The van der Waals surface area contributed by atoms with Crippen molar-refractivity contribution in [3.63, 3.8) is 0 Å². The molecule has 1 amide bonds. The number of hydrogen-bond acceptors (Lipinski definition) is 4. The van der Waals surface area contributed by atoms with Gasteiger partial charge < -0.3 is 9.64 Å². The number of carbonyl (C=O) groups is 1. The van der Waals surface area contributed by atoms with Crippen molar-refractivity contribution in [1.82, 2.24) is 9.88 Å². The molecule has 0 aliphatic rings. The molecule has 0 spiro atoms. The second-order valence-electron chi connectivity index (χ2n) is 5.07. The van der Waals surface area contributed by atoms with E-state index in [4.69, 9.17) is 10.00 Å². The van der Waals surface area contributed by atoms with E-state index in [0.717, 1.165) is 4.47 Å². The smallest absolute Gasteiger partial charge is 0.255 e. The van der Waals surface area contributed by atoms with Crippen molar-refractivity contribution >= 4 is 21.8 Å². The highest BCUT2D eigenvalue weighted by atomic mass is 79.9. The van der Waals surface area contributed by atoms with Gasteiger partial charge in [-0.3, -0.25) is 4.79 Å². The molecule has 0 bridgehead atoms. The van der Waals surface area contributed by atoms with Crippen LogP contribution in [-0.4, -0.2) is 28.9 Å². The molecule has 1 aromatic carbocycles. The first-order valence-electron chi connectivity index (χ1n) is 7.05. The van der Waals surface area contributed by atoms with Crippen LogP contribution in [0.2, 0.25) is 0 Å². The summed E-state index contributed by atoms with van der Waals surface area (Å²) in [5.74, 6) is 0.896. The molecule has 0 saturated carbocycles. The molecule has 118 valence electrons. The summed E-state index contributed by atoms with van der Waals surface area (Å²) in [5.41, 5.74) is 0.457. The number of halogens is 1. The predicted octanol–water partition coefficient (Wildman–Crippen LogP) is 4.01. The summed E-state index contributed by atoms with van der Waals surface area (Å²) in [6.07, 6.45) is 1.77. The van der Waals surface area contributed by atoms with Crippen LogP contribution in [0.4, 0.5) is 0 Å². The van der Waals surface area contributed by atoms with Gasteiger partial charge in [0.05, 0.1) is 18.1 Å². The summed E-state index contributed by atoms with van der Waals surface area (Å²) < 4.78 is 6.54. The number of pyridine rings is 1. The molecule has 2 rings (SSSR count). The van der Waals surface area contributed by atoms with Crippen LogP contribution < -0.4 is 4.74 Å². The first kappa shape index (κ1) is 17.0. The SMILES string of the molecule is CC(CC#N)N(C)C(=O)c1ccc(Oc2cccc(Br)c2)nc1. The van der Waals surface area contributed by atoms with Crippen LogP contribution in [0.1, 0.15) is 23.7 Å². The largest absolute Gasteiger partial charge is 0.439 e. The molecule has 1 aromatic heterocycles. The minimum atomic E-state index is -0.172. The Morgan fingerprint density at radius 2 is 2.22 bits per heavy atom. The fourth-order valence-electron chi connectivity index (χ4n) is 1.89. The Bertz CT molecular complexity index is 725. The van der Waals surface area contributed by atoms with Gasteiger partial charge in [0.1, 0.15) is 5.75 Å². The number of nitrogens with zero attached hydrogens (tertiary/aromatic N) is 3. The Morgan fingerprint density at radius 3 is 2.83 bits per heavy atom. The molecule has 0 fully saturated rings. The lowest BCUT2D eigenvalue weighted by molar-refractivity contribution is 0.0746. The maximum absolute atomic E-state index is 12.3. The van der Waals surface area contributed by atoms with Crippen LogP contribution in [-0.2, 0) is 0 Å². The van der Waals surface area contributed by atoms with Gasteiger partial charge in [0, 0.05) is 29.8 Å². The third kappa shape index (κ3) is 4.54. The number of rotatable bonds is 5. The standard InChI is InChI=1S/C17H16BrN3O2/c1-12(8-9-19)21(2)17(22)13-6-7-16(20-11-13)23-15-5-3-4-14(18)10-15/h3-7,10-12H,8H2,1-2H3. The van der Waals surface area contributed by atoms with E-state index >= 15 is 0 Å². The average Bonchev–Trinajstić information content (AvgIpc) is 2.54. The van der Waals surface area contributed by atoms with Gasteiger partial charge >= 0.3 is 0 Å². The lowest BCUT2D eigenvalue weighted by Crippen LogP contribution is -2.34. The van der Waals surface area contributed by atoms with Crippen molar-refractivity contribution in [3.8, 4) is 17.7 Å². The van der Waals surface area contributed by atoms with E-state index in [-0.39, 0.29) is 11.9 Å². The molecule has 0 saturated heterocycles. The van der Waals surface area contributed by atoms with Gasteiger partial charge in [-0.2, -0.15) is 5.26 Å². The quantitative estimate of drug-likeness (QED) is 0.793. The highest BCUT2D eigenvalue weighted by Gasteiger charge is 2.17. The second kappa shape index (κ2) is 7.75. The molecule has 6 heteroatoms. The van der Waals surface area contributed by atoms with Crippen LogP contribution in [0.15, 0.2) is 47.1 Å². The number of aromatic nitrogens is 1. The van der Waals surface area contributed by atoms with E-state index in [9.17, 15) is 4.79 Å². The summed E-state index contributed by atoms with van der Waals surface area (Å²) in [4.78, 5) is 18.0. The monoisotopic (exact) mass is 373 g/mol. The van der Waals surface area contributed by atoms with E-state index in [2.05, 4.69) is 27.0 Å². The first-order chi connectivity index (χ1) is 11.0. The molecule has 1 atom stereocenters. The summed E-state index contributed by atoms with van der Waals surface area (Å²) in [6.45, 7) is 1.83. The van der Waals surface area contributed by atoms with E-state index in [1.807, 2.05) is 31.2 Å². The maximum Gasteiger partial charge on any atom is 0.255 e. The second-order valence-corrected chi connectivity index (χ2v) is 5.99. The van der Waals surface area contributed by atoms with Crippen LogP contribution in [0.25, 0.3) is 0 Å². The number of amides is 1. The molecule has 5 nitrogen and oxygen atoms in total. The van der Waals surface area contributed by atoms with E-state index in [1.54, 1.807) is 19.2 Å². The van der Waals surface area contributed by atoms with Gasteiger partial charge in [-0.25, -0.2) is 4.98 Å². The maximum atomic E-state index is 12.3. The fourth-order valence-corrected chi connectivity index (χ4v) is 2.27. The Balaban J connectivity index is 2.07. The molecule has 1 heterocycles. The van der Waals surface area contributed by atoms with Crippen molar-refractivity contribution in [2.45, 2.75) is 19.4 Å². The van der Waals surface area contributed by atoms with Gasteiger partial charge in [0.2, 0.25) is 5.88 Å². The van der Waals surface area contributed by atoms with E-state index < -0.39 is 0 Å². The highest BCUT2D eigenvalue weighted by Crippen LogP contribution is 2.23.